The smallest absolute Gasteiger partial charge is 0.128 e. The summed E-state index contributed by atoms with van der Waals surface area (Å²) < 4.78 is 0. The van der Waals surface area contributed by atoms with E-state index in [2.05, 4.69) is 36.2 Å². The van der Waals surface area contributed by atoms with Crippen molar-refractivity contribution in [3.05, 3.63) is 23.9 Å². The van der Waals surface area contributed by atoms with Crippen molar-refractivity contribution < 1.29 is 0 Å². The summed E-state index contributed by atoms with van der Waals surface area (Å²) in [6.45, 7) is 2.21. The molecule has 0 saturated carbocycles. The van der Waals surface area contributed by atoms with Crippen LogP contribution in [0.25, 0.3) is 0 Å². The van der Waals surface area contributed by atoms with Crippen molar-refractivity contribution in [3.63, 3.8) is 0 Å². The van der Waals surface area contributed by atoms with Crippen LogP contribution in [0.4, 0.5) is 5.82 Å². The van der Waals surface area contributed by atoms with Gasteiger partial charge < -0.3 is 4.90 Å². The van der Waals surface area contributed by atoms with Gasteiger partial charge in [0.1, 0.15) is 5.82 Å². The van der Waals surface area contributed by atoms with Crippen LogP contribution in [-0.4, -0.2) is 30.1 Å². The van der Waals surface area contributed by atoms with Crippen molar-refractivity contribution in [2.24, 2.45) is 0 Å². The highest BCUT2D eigenvalue weighted by Crippen LogP contribution is 2.18. The molecule has 0 radical (unpaired) electrons. The minimum atomic E-state index is 0.535. The average molecular weight is 259 g/mol. The van der Waals surface area contributed by atoms with E-state index in [9.17, 15) is 0 Å². The quantitative estimate of drug-likeness (QED) is 0.728. The maximum Gasteiger partial charge on any atom is 0.128 e. The molecule has 16 heavy (non-hydrogen) atoms. The van der Waals surface area contributed by atoms with Crippen molar-refractivity contribution >= 4 is 29.2 Å². The van der Waals surface area contributed by atoms with Crippen molar-refractivity contribution in [2.75, 3.05) is 24.0 Å². The number of alkyl halides is 1. The third-order valence-electron chi connectivity index (χ3n) is 2.70. The van der Waals surface area contributed by atoms with Crippen molar-refractivity contribution in [2.45, 2.75) is 25.3 Å². The van der Waals surface area contributed by atoms with Crippen LogP contribution in [0.3, 0.4) is 0 Å². The molecule has 1 heterocycles. The minimum absolute atomic E-state index is 0.535. The molecule has 0 fully saturated rings. The Kier molecular flexibility index (Phi) is 5.99. The Bertz CT molecular complexity index is 320. The monoisotopic (exact) mass is 258 g/mol. The first-order chi connectivity index (χ1) is 7.72. The molecule has 0 aliphatic heterocycles. The lowest BCUT2D eigenvalue weighted by Crippen LogP contribution is -2.33. The molecule has 0 aliphatic carbocycles. The van der Waals surface area contributed by atoms with Crippen LogP contribution >= 0.6 is 23.4 Å². The highest BCUT2D eigenvalue weighted by Gasteiger charge is 2.13. The molecular weight excluding hydrogens is 240 g/mol. The molecule has 1 aromatic rings. The first-order valence-corrected chi connectivity index (χ1v) is 7.38. The molecule has 4 heteroatoms. The topological polar surface area (TPSA) is 16.1 Å². The predicted molar refractivity (Wildman–Crippen MR) is 74.7 cm³/mol. The van der Waals surface area contributed by atoms with Crippen LogP contribution in [-0.2, 0) is 5.88 Å². The van der Waals surface area contributed by atoms with Crippen molar-refractivity contribution in [1.29, 1.82) is 0 Å². The molecule has 1 unspecified atom stereocenters. The first kappa shape index (κ1) is 13.7. The number of hydrogen-bond donors (Lipinski definition) is 0. The van der Waals surface area contributed by atoms with E-state index in [4.69, 9.17) is 11.6 Å². The highest BCUT2D eigenvalue weighted by atomic mass is 35.5. The largest absolute Gasteiger partial charge is 0.356 e. The Labute approximate surface area is 107 Å². The number of nitrogens with zero attached hydrogens (tertiary/aromatic N) is 2. The van der Waals surface area contributed by atoms with Gasteiger partial charge in [-0.1, -0.05) is 6.92 Å². The van der Waals surface area contributed by atoms with Crippen molar-refractivity contribution in [1.82, 2.24) is 4.98 Å². The highest BCUT2D eigenvalue weighted by molar-refractivity contribution is 7.98. The molecule has 0 saturated heterocycles. The summed E-state index contributed by atoms with van der Waals surface area (Å²) in [5.74, 6) is 2.68. The van der Waals surface area contributed by atoms with Gasteiger partial charge >= 0.3 is 0 Å². The summed E-state index contributed by atoms with van der Waals surface area (Å²) >= 11 is 7.70. The molecule has 0 aliphatic rings. The Hall–Kier alpha value is -0.410. The van der Waals surface area contributed by atoms with E-state index in [0.29, 0.717) is 11.9 Å². The van der Waals surface area contributed by atoms with E-state index in [1.165, 1.54) is 0 Å². The molecule has 90 valence electrons. The molecule has 1 rings (SSSR count). The molecular formula is C12H19ClN2S. The van der Waals surface area contributed by atoms with Gasteiger partial charge in [-0.15, -0.1) is 11.6 Å². The van der Waals surface area contributed by atoms with E-state index in [0.717, 1.165) is 23.6 Å². The average Bonchev–Trinajstić information content (AvgIpc) is 2.35. The number of thioether (sulfide) groups is 1. The maximum absolute atomic E-state index is 5.83. The van der Waals surface area contributed by atoms with Gasteiger partial charge in [0.2, 0.25) is 0 Å². The lowest BCUT2D eigenvalue weighted by Gasteiger charge is -2.28. The predicted octanol–water partition coefficient (Wildman–Crippen LogP) is 3.40. The van der Waals surface area contributed by atoms with Gasteiger partial charge in [0.05, 0.1) is 0 Å². The Morgan fingerprint density at radius 2 is 2.31 bits per heavy atom. The number of anilines is 1. The SMILES string of the molecule is CCC(CSC)N(C)c1cc(CCl)ccn1. The van der Waals surface area contributed by atoms with E-state index < -0.39 is 0 Å². The zero-order valence-electron chi connectivity index (χ0n) is 10.1. The van der Waals surface area contributed by atoms with Gasteiger partial charge in [0, 0.05) is 30.9 Å². The molecule has 1 aromatic heterocycles. The fraction of sp³-hybridized carbons (Fsp3) is 0.583. The van der Waals surface area contributed by atoms with Crippen LogP contribution in [0.1, 0.15) is 18.9 Å². The Balaban J connectivity index is 2.80. The fourth-order valence-electron chi connectivity index (χ4n) is 1.62. The van der Waals surface area contributed by atoms with Crippen LogP contribution in [0.5, 0.6) is 0 Å². The fourth-order valence-corrected chi connectivity index (χ4v) is 2.63. The zero-order chi connectivity index (χ0) is 12.0. The van der Waals surface area contributed by atoms with E-state index >= 15 is 0 Å². The van der Waals surface area contributed by atoms with Gasteiger partial charge in [0.25, 0.3) is 0 Å². The lowest BCUT2D eigenvalue weighted by molar-refractivity contribution is 0.666. The van der Waals surface area contributed by atoms with Gasteiger partial charge in [-0.2, -0.15) is 11.8 Å². The molecule has 2 nitrogen and oxygen atoms in total. The third kappa shape index (κ3) is 3.56. The number of pyridine rings is 1. The summed E-state index contributed by atoms with van der Waals surface area (Å²) in [7, 11) is 2.10. The summed E-state index contributed by atoms with van der Waals surface area (Å²) in [6, 6.07) is 4.56. The normalized spacial score (nSPS) is 12.5. The number of halogens is 1. The van der Waals surface area contributed by atoms with Gasteiger partial charge in [-0.25, -0.2) is 4.98 Å². The van der Waals surface area contributed by atoms with Crippen LogP contribution in [0.15, 0.2) is 18.3 Å². The van der Waals surface area contributed by atoms with E-state index in [-0.39, 0.29) is 0 Å². The second kappa shape index (κ2) is 7.02. The Morgan fingerprint density at radius 3 is 2.88 bits per heavy atom. The number of aromatic nitrogens is 1. The van der Waals surface area contributed by atoms with E-state index in [1.807, 2.05) is 24.0 Å². The summed E-state index contributed by atoms with van der Waals surface area (Å²) in [5.41, 5.74) is 1.12. The molecule has 0 N–H and O–H groups in total. The van der Waals surface area contributed by atoms with Crippen LogP contribution in [0, 0.1) is 0 Å². The Morgan fingerprint density at radius 1 is 1.56 bits per heavy atom. The third-order valence-corrected chi connectivity index (χ3v) is 3.73. The van der Waals surface area contributed by atoms with Gasteiger partial charge in [-0.05, 0) is 30.4 Å². The van der Waals surface area contributed by atoms with Gasteiger partial charge in [0.15, 0.2) is 0 Å². The molecule has 1 atom stereocenters. The standard InChI is InChI=1S/C12H19ClN2S/c1-4-11(9-16-3)15(2)12-7-10(8-13)5-6-14-12/h5-7,11H,4,8-9H2,1-3H3. The molecule has 0 spiro atoms. The summed E-state index contributed by atoms with van der Waals surface area (Å²) in [6.07, 6.45) is 5.10. The maximum atomic E-state index is 5.83. The van der Waals surface area contributed by atoms with Crippen molar-refractivity contribution in [3.8, 4) is 0 Å². The number of hydrogen-bond acceptors (Lipinski definition) is 3. The van der Waals surface area contributed by atoms with Crippen LogP contribution in [0.2, 0.25) is 0 Å². The lowest BCUT2D eigenvalue weighted by atomic mass is 10.2. The second-order valence-electron chi connectivity index (χ2n) is 3.78. The second-order valence-corrected chi connectivity index (χ2v) is 4.96. The first-order valence-electron chi connectivity index (χ1n) is 5.45. The van der Waals surface area contributed by atoms with E-state index in [1.54, 1.807) is 0 Å². The summed E-state index contributed by atoms with van der Waals surface area (Å²) in [5, 5.41) is 0. The molecule has 0 bridgehead atoms. The van der Waals surface area contributed by atoms with Crippen LogP contribution < -0.4 is 4.90 Å². The zero-order valence-corrected chi connectivity index (χ0v) is 11.7. The number of rotatable bonds is 6. The summed E-state index contributed by atoms with van der Waals surface area (Å²) in [4.78, 5) is 6.64. The molecule has 0 aromatic carbocycles. The minimum Gasteiger partial charge on any atom is -0.356 e. The van der Waals surface area contributed by atoms with Gasteiger partial charge in [-0.3, -0.25) is 0 Å². The molecule has 0 amide bonds.